The highest BCUT2D eigenvalue weighted by molar-refractivity contribution is 9.10. The fraction of sp³-hybridized carbons (Fsp3) is 0.400. The second kappa shape index (κ2) is 2.84. The van der Waals surface area contributed by atoms with Gasteiger partial charge in [0, 0.05) is 11.1 Å². The minimum atomic E-state index is -3.13. The Morgan fingerprint density at radius 1 is 1.55 bits per heavy atom. The van der Waals surface area contributed by atoms with Crippen molar-refractivity contribution in [2.45, 2.75) is 11.3 Å². The minimum Gasteiger partial charge on any atom is -0.222 e. The summed E-state index contributed by atoms with van der Waals surface area (Å²) in [6, 6.07) is 0. The van der Waals surface area contributed by atoms with Crippen LogP contribution >= 0.6 is 27.3 Å². The zero-order valence-corrected chi connectivity index (χ0v) is 9.18. The van der Waals surface area contributed by atoms with E-state index in [1.54, 1.807) is 0 Å². The van der Waals surface area contributed by atoms with Gasteiger partial charge in [-0.2, -0.15) is 0 Å². The smallest absolute Gasteiger partial charge is 0.210 e. The molecule has 0 amide bonds. The summed E-state index contributed by atoms with van der Waals surface area (Å²) < 4.78 is 22.6. The first kappa shape index (κ1) is 9.15. The van der Waals surface area contributed by atoms with E-state index in [0.717, 1.165) is 11.1 Å². The minimum absolute atomic E-state index is 0.168. The predicted octanol–water partition coefficient (Wildman–Crippen LogP) is 1.62. The van der Waals surface area contributed by atoms with Crippen LogP contribution in [0.5, 0.6) is 0 Å². The molecule has 0 aromatic carbocycles. The van der Waals surface area contributed by atoms with Crippen LogP contribution in [0.3, 0.4) is 0 Å². The van der Waals surface area contributed by atoms with Crippen LogP contribution in [0.2, 0.25) is 0 Å². The molecule has 62 valence electrons. The molecule has 6 heteroatoms. The van der Waals surface area contributed by atoms with E-state index in [9.17, 15) is 8.42 Å². The molecule has 0 saturated carbocycles. The Balaban J connectivity index is 3.29. The van der Waals surface area contributed by atoms with E-state index in [2.05, 4.69) is 20.9 Å². The average Bonchev–Trinajstić information content (AvgIpc) is 2.11. The van der Waals surface area contributed by atoms with Gasteiger partial charge in [0.05, 0.1) is 0 Å². The van der Waals surface area contributed by atoms with Gasteiger partial charge in [-0.3, -0.25) is 0 Å². The summed E-state index contributed by atoms with van der Waals surface area (Å²) >= 11 is 4.32. The van der Waals surface area contributed by atoms with E-state index in [-0.39, 0.29) is 4.34 Å². The zero-order chi connectivity index (χ0) is 8.65. The van der Waals surface area contributed by atoms with Gasteiger partial charge < -0.3 is 0 Å². The summed E-state index contributed by atoms with van der Waals surface area (Å²) in [6.07, 6.45) is 1.15. The van der Waals surface area contributed by atoms with Gasteiger partial charge in [-0.05, 0) is 22.9 Å². The van der Waals surface area contributed by atoms with Crippen molar-refractivity contribution >= 4 is 37.1 Å². The summed E-state index contributed by atoms with van der Waals surface area (Å²) in [4.78, 5) is 4.71. The van der Waals surface area contributed by atoms with Crippen LogP contribution < -0.4 is 0 Å². The third-order valence-electron chi connectivity index (χ3n) is 1.04. The zero-order valence-electron chi connectivity index (χ0n) is 5.96. The Morgan fingerprint density at radius 3 is 2.27 bits per heavy atom. The van der Waals surface area contributed by atoms with E-state index in [4.69, 9.17) is 0 Å². The van der Waals surface area contributed by atoms with Gasteiger partial charge in [-0.15, -0.1) is 11.3 Å². The number of aromatic nitrogens is 1. The number of sulfone groups is 1. The molecule has 1 rings (SSSR count). The summed E-state index contributed by atoms with van der Waals surface area (Å²) in [6.45, 7) is 1.82. The van der Waals surface area contributed by atoms with Crippen molar-refractivity contribution in [2.24, 2.45) is 0 Å². The van der Waals surface area contributed by atoms with Crippen LogP contribution in [0.25, 0.3) is 0 Å². The van der Waals surface area contributed by atoms with E-state index in [0.29, 0.717) is 4.60 Å². The highest BCUT2D eigenvalue weighted by atomic mass is 79.9. The maximum Gasteiger partial charge on any atom is 0.210 e. The lowest BCUT2D eigenvalue weighted by molar-refractivity contribution is 0.601. The molecule has 0 unspecified atom stereocenters. The fourth-order valence-electron chi connectivity index (χ4n) is 0.513. The lowest BCUT2D eigenvalue weighted by atomic mass is 10.7. The fourth-order valence-corrected chi connectivity index (χ4v) is 2.93. The number of nitrogens with zero attached hydrogens (tertiary/aromatic N) is 1. The largest absolute Gasteiger partial charge is 0.222 e. The summed E-state index contributed by atoms with van der Waals surface area (Å²) in [5.74, 6) is 0. The Labute approximate surface area is 77.5 Å². The number of hydrogen-bond donors (Lipinski definition) is 0. The molecule has 0 saturated heterocycles. The normalized spacial score (nSPS) is 11.9. The van der Waals surface area contributed by atoms with Crippen molar-refractivity contribution < 1.29 is 8.42 Å². The van der Waals surface area contributed by atoms with Crippen LogP contribution in [0.4, 0.5) is 0 Å². The number of rotatable bonds is 1. The Kier molecular flexibility index (Phi) is 2.36. The van der Waals surface area contributed by atoms with Gasteiger partial charge >= 0.3 is 0 Å². The van der Waals surface area contributed by atoms with Gasteiger partial charge in [0.25, 0.3) is 0 Å². The molecule has 0 aliphatic heterocycles. The van der Waals surface area contributed by atoms with Crippen LogP contribution in [-0.4, -0.2) is 19.7 Å². The first-order valence-corrected chi connectivity index (χ1v) is 6.24. The Bertz CT molecular complexity index is 348. The standard InChI is InChI=1S/C5H6BrNO2S2/c1-3-4(6)7-5(10-3)11(2,8)9/h1-2H3. The molecule has 1 aromatic rings. The molecule has 0 spiro atoms. The van der Waals surface area contributed by atoms with Crippen molar-refractivity contribution in [2.75, 3.05) is 6.26 Å². The second-order valence-electron chi connectivity index (χ2n) is 2.10. The highest BCUT2D eigenvalue weighted by Gasteiger charge is 2.13. The molecule has 1 aromatic heterocycles. The van der Waals surface area contributed by atoms with E-state index in [1.165, 1.54) is 11.3 Å². The maximum atomic E-state index is 10.9. The number of hydrogen-bond acceptors (Lipinski definition) is 4. The van der Waals surface area contributed by atoms with Crippen molar-refractivity contribution in [3.63, 3.8) is 0 Å². The van der Waals surface area contributed by atoms with Crippen LogP contribution in [0, 0.1) is 6.92 Å². The third kappa shape index (κ3) is 2.00. The molecular formula is C5H6BrNO2S2. The van der Waals surface area contributed by atoms with E-state index >= 15 is 0 Å². The number of thiazole rings is 1. The number of aryl methyl sites for hydroxylation is 1. The van der Waals surface area contributed by atoms with Crippen LogP contribution in [-0.2, 0) is 9.84 Å². The molecule has 0 aliphatic rings. The summed E-state index contributed by atoms with van der Waals surface area (Å²) in [7, 11) is -3.13. The van der Waals surface area contributed by atoms with Crippen molar-refractivity contribution in [3.05, 3.63) is 9.48 Å². The molecule has 0 bridgehead atoms. The Hall–Kier alpha value is 0.0600. The van der Waals surface area contributed by atoms with Crippen molar-refractivity contribution in [3.8, 4) is 0 Å². The van der Waals surface area contributed by atoms with Gasteiger partial charge in [-0.1, -0.05) is 0 Å². The van der Waals surface area contributed by atoms with Crippen LogP contribution in [0.1, 0.15) is 4.88 Å². The third-order valence-corrected chi connectivity index (χ3v) is 4.72. The van der Waals surface area contributed by atoms with E-state index in [1.807, 2.05) is 6.92 Å². The van der Waals surface area contributed by atoms with Crippen molar-refractivity contribution in [1.82, 2.24) is 4.98 Å². The Morgan fingerprint density at radius 2 is 2.09 bits per heavy atom. The van der Waals surface area contributed by atoms with Gasteiger partial charge in [0.1, 0.15) is 4.60 Å². The maximum absolute atomic E-state index is 10.9. The molecule has 0 atom stereocenters. The molecule has 1 heterocycles. The average molecular weight is 256 g/mol. The monoisotopic (exact) mass is 255 g/mol. The SMILES string of the molecule is Cc1sc(S(C)(=O)=O)nc1Br. The highest BCUT2D eigenvalue weighted by Crippen LogP contribution is 2.25. The first-order valence-electron chi connectivity index (χ1n) is 2.74. The first-order chi connectivity index (χ1) is 4.91. The molecule has 0 radical (unpaired) electrons. The topological polar surface area (TPSA) is 47.0 Å². The van der Waals surface area contributed by atoms with Crippen LogP contribution in [0.15, 0.2) is 8.94 Å². The van der Waals surface area contributed by atoms with Gasteiger partial charge in [-0.25, -0.2) is 13.4 Å². The van der Waals surface area contributed by atoms with E-state index < -0.39 is 9.84 Å². The molecular weight excluding hydrogens is 250 g/mol. The van der Waals surface area contributed by atoms with Gasteiger partial charge in [0.15, 0.2) is 0 Å². The lowest BCUT2D eigenvalue weighted by Gasteiger charge is -1.85. The quantitative estimate of drug-likeness (QED) is 0.767. The molecule has 0 N–H and O–H groups in total. The molecule has 0 aliphatic carbocycles. The summed E-state index contributed by atoms with van der Waals surface area (Å²) in [5.41, 5.74) is 0. The molecule has 11 heavy (non-hydrogen) atoms. The van der Waals surface area contributed by atoms with Crippen molar-refractivity contribution in [1.29, 1.82) is 0 Å². The predicted molar refractivity (Wildman–Crippen MR) is 47.7 cm³/mol. The second-order valence-corrected chi connectivity index (χ2v) is 6.24. The lowest BCUT2D eigenvalue weighted by Crippen LogP contribution is -1.94. The van der Waals surface area contributed by atoms with Gasteiger partial charge in [0.2, 0.25) is 14.2 Å². The number of halogens is 1. The summed E-state index contributed by atoms with van der Waals surface area (Å²) in [5, 5.41) is 0. The molecule has 3 nitrogen and oxygen atoms in total. The molecule has 0 fully saturated rings.